The number of aromatic nitrogens is 1. The Morgan fingerprint density at radius 1 is 1.29 bits per heavy atom. The summed E-state index contributed by atoms with van der Waals surface area (Å²) in [6.45, 7) is 2.04. The molecule has 0 saturated heterocycles. The van der Waals surface area contributed by atoms with Gasteiger partial charge in [-0.1, -0.05) is 37.3 Å². The van der Waals surface area contributed by atoms with Crippen molar-refractivity contribution in [2.24, 2.45) is 0 Å². The Kier molecular flexibility index (Phi) is 5.05. The molecule has 0 aliphatic carbocycles. The number of hydrogen-bond donors (Lipinski definition) is 1. The fourth-order valence-corrected chi connectivity index (χ4v) is 2.82. The lowest BCUT2D eigenvalue weighted by Gasteiger charge is -2.18. The van der Waals surface area contributed by atoms with Crippen LogP contribution in [-0.2, 0) is 4.79 Å². The van der Waals surface area contributed by atoms with E-state index in [2.05, 4.69) is 4.98 Å². The van der Waals surface area contributed by atoms with Crippen LogP contribution in [0.4, 0.5) is 0 Å². The van der Waals surface area contributed by atoms with Crippen LogP contribution in [0.5, 0.6) is 0 Å². The molecule has 5 nitrogen and oxygen atoms in total. The zero-order valence-electron chi connectivity index (χ0n) is 11.7. The minimum atomic E-state index is -1.01. The smallest absolute Gasteiger partial charge is 0.323 e. The summed E-state index contributed by atoms with van der Waals surface area (Å²) < 4.78 is 0. The molecule has 0 aliphatic heterocycles. The molecule has 21 heavy (non-hydrogen) atoms. The largest absolute Gasteiger partial charge is 0.480 e. The zero-order valence-corrected chi connectivity index (χ0v) is 12.5. The van der Waals surface area contributed by atoms with Gasteiger partial charge in [0.25, 0.3) is 5.91 Å². The van der Waals surface area contributed by atoms with Crippen molar-refractivity contribution in [2.45, 2.75) is 13.3 Å². The van der Waals surface area contributed by atoms with Gasteiger partial charge in [0.05, 0.1) is 6.20 Å². The Hall–Kier alpha value is -2.21. The maximum absolute atomic E-state index is 12.3. The average Bonchev–Trinajstić information content (AvgIpc) is 2.96. The van der Waals surface area contributed by atoms with Gasteiger partial charge in [-0.15, -0.1) is 11.3 Å². The van der Waals surface area contributed by atoms with E-state index in [4.69, 9.17) is 5.11 Å². The van der Waals surface area contributed by atoms with Gasteiger partial charge in [0.1, 0.15) is 16.4 Å². The van der Waals surface area contributed by atoms with E-state index in [1.165, 1.54) is 22.4 Å². The Bertz CT molecular complexity index is 625. The van der Waals surface area contributed by atoms with Crippen LogP contribution in [0, 0.1) is 0 Å². The van der Waals surface area contributed by atoms with Crippen molar-refractivity contribution < 1.29 is 14.7 Å². The topological polar surface area (TPSA) is 70.5 Å². The second-order valence-corrected chi connectivity index (χ2v) is 5.55. The van der Waals surface area contributed by atoms with Crippen LogP contribution in [0.25, 0.3) is 10.6 Å². The Balaban J connectivity index is 2.19. The monoisotopic (exact) mass is 304 g/mol. The average molecular weight is 304 g/mol. The maximum Gasteiger partial charge on any atom is 0.323 e. The third-order valence-corrected chi connectivity index (χ3v) is 3.88. The van der Waals surface area contributed by atoms with Gasteiger partial charge in [-0.2, -0.15) is 0 Å². The molecule has 0 atom stereocenters. The molecular formula is C15H16N2O3S. The van der Waals surface area contributed by atoms with Gasteiger partial charge in [0.15, 0.2) is 0 Å². The summed E-state index contributed by atoms with van der Waals surface area (Å²) in [5, 5.41) is 9.64. The highest BCUT2D eigenvalue weighted by molar-refractivity contribution is 7.16. The standard InChI is InChI=1S/C15H16N2O3S/c1-2-8-17(10-13(18)19)15(20)12-9-16-14(21-12)11-6-4-3-5-7-11/h3-7,9H,2,8,10H2,1H3,(H,18,19). The number of nitrogens with zero attached hydrogens (tertiary/aromatic N) is 2. The summed E-state index contributed by atoms with van der Waals surface area (Å²) in [7, 11) is 0. The molecule has 2 rings (SSSR count). The first kappa shape index (κ1) is 15.2. The molecule has 0 saturated carbocycles. The van der Waals surface area contributed by atoms with Crippen molar-refractivity contribution in [3.05, 3.63) is 41.4 Å². The summed E-state index contributed by atoms with van der Waals surface area (Å²) in [5.41, 5.74) is 0.946. The van der Waals surface area contributed by atoms with E-state index in [0.29, 0.717) is 17.8 Å². The number of benzene rings is 1. The SMILES string of the molecule is CCCN(CC(=O)O)C(=O)c1cnc(-c2ccccc2)s1. The summed E-state index contributed by atoms with van der Waals surface area (Å²) in [4.78, 5) is 29.2. The molecule has 1 aromatic carbocycles. The molecule has 1 aromatic heterocycles. The maximum atomic E-state index is 12.3. The predicted octanol–water partition coefficient (Wildman–Crippen LogP) is 2.75. The first-order chi connectivity index (χ1) is 10.1. The quantitative estimate of drug-likeness (QED) is 0.891. The molecule has 110 valence electrons. The number of carboxylic acids is 1. The van der Waals surface area contributed by atoms with Crippen LogP contribution in [0.15, 0.2) is 36.5 Å². The lowest BCUT2D eigenvalue weighted by Crippen LogP contribution is -2.35. The van der Waals surface area contributed by atoms with Gasteiger partial charge in [-0.25, -0.2) is 4.98 Å². The van der Waals surface area contributed by atoms with Gasteiger partial charge < -0.3 is 10.0 Å². The second kappa shape index (κ2) is 6.99. The first-order valence-electron chi connectivity index (χ1n) is 6.64. The summed E-state index contributed by atoms with van der Waals surface area (Å²) in [5.74, 6) is -1.29. The molecule has 0 bridgehead atoms. The normalized spacial score (nSPS) is 10.3. The van der Waals surface area contributed by atoms with E-state index < -0.39 is 5.97 Å². The van der Waals surface area contributed by atoms with Crippen molar-refractivity contribution >= 4 is 23.2 Å². The van der Waals surface area contributed by atoms with Gasteiger partial charge in [0.2, 0.25) is 0 Å². The number of carbonyl (C=O) groups is 2. The Morgan fingerprint density at radius 2 is 2.00 bits per heavy atom. The molecule has 6 heteroatoms. The van der Waals surface area contributed by atoms with Gasteiger partial charge in [-0.05, 0) is 6.42 Å². The molecular weight excluding hydrogens is 288 g/mol. The number of thiazole rings is 1. The molecule has 0 fully saturated rings. The van der Waals surface area contributed by atoms with E-state index in [-0.39, 0.29) is 12.5 Å². The second-order valence-electron chi connectivity index (χ2n) is 4.52. The van der Waals surface area contributed by atoms with Crippen LogP contribution in [-0.4, -0.2) is 40.0 Å². The zero-order chi connectivity index (χ0) is 15.2. The van der Waals surface area contributed by atoms with E-state index in [9.17, 15) is 9.59 Å². The predicted molar refractivity (Wildman–Crippen MR) is 81.4 cm³/mol. The van der Waals surface area contributed by atoms with Crippen molar-refractivity contribution in [3.8, 4) is 10.6 Å². The number of amides is 1. The lowest BCUT2D eigenvalue weighted by atomic mass is 10.2. The number of rotatable bonds is 6. The van der Waals surface area contributed by atoms with Crippen LogP contribution < -0.4 is 0 Å². The number of hydrogen-bond acceptors (Lipinski definition) is 4. The highest BCUT2D eigenvalue weighted by Gasteiger charge is 2.20. The Morgan fingerprint density at radius 3 is 2.62 bits per heavy atom. The molecule has 1 amide bonds. The van der Waals surface area contributed by atoms with E-state index >= 15 is 0 Å². The van der Waals surface area contributed by atoms with Crippen LogP contribution in [0.2, 0.25) is 0 Å². The van der Waals surface area contributed by atoms with Crippen LogP contribution >= 0.6 is 11.3 Å². The van der Waals surface area contributed by atoms with Gasteiger partial charge in [0, 0.05) is 12.1 Å². The summed E-state index contributed by atoms with van der Waals surface area (Å²) >= 11 is 1.28. The number of carboxylic acid groups (broad SMARTS) is 1. The van der Waals surface area contributed by atoms with Crippen molar-refractivity contribution in [2.75, 3.05) is 13.1 Å². The summed E-state index contributed by atoms with van der Waals surface area (Å²) in [6, 6.07) is 9.58. The minimum absolute atomic E-state index is 0.279. The fraction of sp³-hybridized carbons (Fsp3) is 0.267. The molecule has 0 radical (unpaired) electrons. The Labute approximate surface area is 126 Å². The van der Waals surface area contributed by atoms with Crippen molar-refractivity contribution in [3.63, 3.8) is 0 Å². The molecule has 0 spiro atoms. The van der Waals surface area contributed by atoms with Crippen molar-refractivity contribution in [1.29, 1.82) is 0 Å². The minimum Gasteiger partial charge on any atom is -0.480 e. The lowest BCUT2D eigenvalue weighted by molar-refractivity contribution is -0.137. The highest BCUT2D eigenvalue weighted by atomic mass is 32.1. The molecule has 0 aliphatic rings. The third kappa shape index (κ3) is 3.88. The van der Waals surface area contributed by atoms with E-state index in [1.807, 2.05) is 37.3 Å². The molecule has 0 unspecified atom stereocenters. The van der Waals surface area contributed by atoms with E-state index in [0.717, 1.165) is 10.6 Å². The van der Waals surface area contributed by atoms with Gasteiger partial charge >= 0.3 is 5.97 Å². The molecule has 1 heterocycles. The molecule has 2 aromatic rings. The summed E-state index contributed by atoms with van der Waals surface area (Å²) in [6.07, 6.45) is 2.23. The molecule has 1 N–H and O–H groups in total. The third-order valence-electron chi connectivity index (χ3n) is 2.84. The van der Waals surface area contributed by atoms with Gasteiger partial charge in [-0.3, -0.25) is 9.59 Å². The highest BCUT2D eigenvalue weighted by Crippen LogP contribution is 2.25. The van der Waals surface area contributed by atoms with Crippen LogP contribution in [0.3, 0.4) is 0 Å². The first-order valence-corrected chi connectivity index (χ1v) is 7.45. The fourth-order valence-electron chi connectivity index (χ4n) is 1.93. The van der Waals surface area contributed by atoms with Crippen molar-refractivity contribution in [1.82, 2.24) is 9.88 Å². The van der Waals surface area contributed by atoms with E-state index in [1.54, 1.807) is 0 Å². The van der Waals surface area contributed by atoms with Crippen LogP contribution in [0.1, 0.15) is 23.0 Å². The number of carbonyl (C=O) groups excluding carboxylic acids is 1. The number of aliphatic carboxylic acids is 1.